The van der Waals surface area contributed by atoms with E-state index in [4.69, 9.17) is 0 Å². The van der Waals surface area contributed by atoms with E-state index in [1.165, 1.54) is 16.8 Å². The minimum atomic E-state index is -0.148. The van der Waals surface area contributed by atoms with Gasteiger partial charge in [0, 0.05) is 17.8 Å². The van der Waals surface area contributed by atoms with Crippen LogP contribution in [-0.4, -0.2) is 23.3 Å². The molecule has 1 aliphatic heterocycles. The molecule has 2 rings (SSSR count). The van der Waals surface area contributed by atoms with Gasteiger partial charge in [-0.1, -0.05) is 32.0 Å². The van der Waals surface area contributed by atoms with E-state index in [-0.39, 0.29) is 11.6 Å². The third kappa shape index (κ3) is 2.79. The summed E-state index contributed by atoms with van der Waals surface area (Å²) in [6.45, 7) is 9.91. The van der Waals surface area contributed by atoms with E-state index in [0.717, 1.165) is 32.2 Å². The average molecular weight is 261 g/mol. The standard InChI is InChI=1S/C17H27NO/c1-5-13-8-7-9-14(6-2)16(13)18-11-10-15(19)12-17(18,3)4/h7-9,15,19H,5-6,10-12H2,1-4H3. The second-order valence-corrected chi connectivity index (χ2v) is 6.24. The zero-order valence-electron chi connectivity index (χ0n) is 12.7. The zero-order valence-corrected chi connectivity index (χ0v) is 12.7. The maximum absolute atomic E-state index is 9.94. The summed E-state index contributed by atoms with van der Waals surface area (Å²) in [5.74, 6) is 0. The topological polar surface area (TPSA) is 23.5 Å². The summed E-state index contributed by atoms with van der Waals surface area (Å²) in [5, 5.41) is 9.94. The van der Waals surface area contributed by atoms with Crippen LogP contribution in [0, 0.1) is 0 Å². The van der Waals surface area contributed by atoms with Crippen molar-refractivity contribution in [1.82, 2.24) is 0 Å². The van der Waals surface area contributed by atoms with Gasteiger partial charge in [0.2, 0.25) is 0 Å². The summed E-state index contributed by atoms with van der Waals surface area (Å²) in [4.78, 5) is 2.53. The molecule has 2 heteroatoms. The first-order chi connectivity index (χ1) is 8.99. The van der Waals surface area contributed by atoms with Crippen molar-refractivity contribution in [2.45, 2.75) is 65.0 Å². The normalized spacial score (nSPS) is 22.6. The molecule has 106 valence electrons. The van der Waals surface area contributed by atoms with Crippen LogP contribution in [0.25, 0.3) is 0 Å². The molecule has 1 atom stereocenters. The summed E-state index contributed by atoms with van der Waals surface area (Å²) in [6, 6.07) is 6.66. The van der Waals surface area contributed by atoms with Gasteiger partial charge in [-0.05, 0) is 50.7 Å². The highest BCUT2D eigenvalue weighted by Gasteiger charge is 2.35. The minimum Gasteiger partial charge on any atom is -0.393 e. The van der Waals surface area contributed by atoms with Crippen molar-refractivity contribution in [1.29, 1.82) is 0 Å². The van der Waals surface area contributed by atoms with Crippen molar-refractivity contribution in [2.75, 3.05) is 11.4 Å². The molecule has 0 bridgehead atoms. The highest BCUT2D eigenvalue weighted by molar-refractivity contribution is 5.62. The number of hydrogen-bond donors (Lipinski definition) is 1. The molecular weight excluding hydrogens is 234 g/mol. The summed E-state index contributed by atoms with van der Waals surface area (Å²) < 4.78 is 0. The molecule has 1 unspecified atom stereocenters. The van der Waals surface area contributed by atoms with Crippen LogP contribution in [0.5, 0.6) is 0 Å². The number of anilines is 1. The van der Waals surface area contributed by atoms with Gasteiger partial charge < -0.3 is 10.0 Å². The number of para-hydroxylation sites is 1. The van der Waals surface area contributed by atoms with Gasteiger partial charge in [-0.15, -0.1) is 0 Å². The highest BCUT2D eigenvalue weighted by Crippen LogP contribution is 2.37. The van der Waals surface area contributed by atoms with Gasteiger partial charge in [0.15, 0.2) is 0 Å². The summed E-state index contributed by atoms with van der Waals surface area (Å²) in [6.07, 6.45) is 3.72. The first-order valence-electron chi connectivity index (χ1n) is 7.56. The Morgan fingerprint density at radius 1 is 1.21 bits per heavy atom. The smallest absolute Gasteiger partial charge is 0.0579 e. The predicted octanol–water partition coefficient (Wildman–Crippen LogP) is 3.55. The van der Waals surface area contributed by atoms with Gasteiger partial charge in [-0.3, -0.25) is 0 Å². The van der Waals surface area contributed by atoms with Crippen molar-refractivity contribution in [3.05, 3.63) is 29.3 Å². The fraction of sp³-hybridized carbons (Fsp3) is 0.647. The van der Waals surface area contributed by atoms with Crippen LogP contribution in [0.1, 0.15) is 51.7 Å². The van der Waals surface area contributed by atoms with Crippen LogP contribution in [-0.2, 0) is 12.8 Å². The largest absolute Gasteiger partial charge is 0.393 e. The van der Waals surface area contributed by atoms with Crippen LogP contribution in [0.2, 0.25) is 0 Å². The number of hydrogen-bond acceptors (Lipinski definition) is 2. The Kier molecular flexibility index (Phi) is 4.19. The fourth-order valence-corrected chi connectivity index (χ4v) is 3.35. The van der Waals surface area contributed by atoms with Crippen LogP contribution in [0.15, 0.2) is 18.2 Å². The first kappa shape index (κ1) is 14.4. The monoisotopic (exact) mass is 261 g/mol. The average Bonchev–Trinajstić information content (AvgIpc) is 2.37. The maximum atomic E-state index is 9.94. The van der Waals surface area contributed by atoms with Crippen LogP contribution in [0.3, 0.4) is 0 Å². The molecule has 1 N–H and O–H groups in total. The van der Waals surface area contributed by atoms with Gasteiger partial charge >= 0.3 is 0 Å². The zero-order chi connectivity index (χ0) is 14.0. The number of nitrogens with zero attached hydrogens (tertiary/aromatic N) is 1. The molecule has 1 aromatic rings. The second kappa shape index (κ2) is 5.54. The number of piperidine rings is 1. The van der Waals surface area contributed by atoms with E-state index < -0.39 is 0 Å². The fourth-order valence-electron chi connectivity index (χ4n) is 3.35. The Morgan fingerprint density at radius 2 is 1.79 bits per heavy atom. The van der Waals surface area contributed by atoms with Crippen molar-refractivity contribution in [3.8, 4) is 0 Å². The number of benzene rings is 1. The lowest BCUT2D eigenvalue weighted by Crippen LogP contribution is -2.52. The molecule has 1 saturated heterocycles. The molecule has 0 aliphatic carbocycles. The maximum Gasteiger partial charge on any atom is 0.0579 e. The van der Waals surface area contributed by atoms with E-state index >= 15 is 0 Å². The summed E-state index contributed by atoms with van der Waals surface area (Å²) in [7, 11) is 0. The number of rotatable bonds is 3. The Labute approximate surface area is 117 Å². The quantitative estimate of drug-likeness (QED) is 0.899. The van der Waals surface area contributed by atoms with Crippen LogP contribution < -0.4 is 4.90 Å². The van der Waals surface area contributed by atoms with E-state index in [9.17, 15) is 5.11 Å². The molecule has 2 nitrogen and oxygen atoms in total. The Hall–Kier alpha value is -1.02. The number of aryl methyl sites for hydroxylation is 2. The summed E-state index contributed by atoms with van der Waals surface area (Å²) >= 11 is 0. The lowest BCUT2D eigenvalue weighted by atomic mass is 9.86. The van der Waals surface area contributed by atoms with E-state index in [1.54, 1.807) is 0 Å². The predicted molar refractivity (Wildman–Crippen MR) is 81.9 cm³/mol. The molecule has 0 radical (unpaired) electrons. The van der Waals surface area contributed by atoms with Crippen LogP contribution >= 0.6 is 0 Å². The molecule has 1 aliphatic rings. The van der Waals surface area contributed by atoms with E-state index in [0.29, 0.717) is 0 Å². The van der Waals surface area contributed by atoms with E-state index in [1.807, 2.05) is 0 Å². The minimum absolute atomic E-state index is 0.0346. The van der Waals surface area contributed by atoms with Crippen molar-refractivity contribution < 1.29 is 5.11 Å². The number of aliphatic hydroxyl groups is 1. The molecular formula is C17H27NO. The molecule has 1 heterocycles. The Balaban J connectivity index is 2.45. The Morgan fingerprint density at radius 3 is 2.26 bits per heavy atom. The van der Waals surface area contributed by atoms with Gasteiger partial charge in [-0.25, -0.2) is 0 Å². The molecule has 1 aromatic carbocycles. The second-order valence-electron chi connectivity index (χ2n) is 6.24. The lowest BCUT2D eigenvalue weighted by molar-refractivity contribution is 0.107. The van der Waals surface area contributed by atoms with Crippen molar-refractivity contribution >= 4 is 5.69 Å². The first-order valence-corrected chi connectivity index (χ1v) is 7.56. The number of aliphatic hydroxyl groups excluding tert-OH is 1. The van der Waals surface area contributed by atoms with Crippen molar-refractivity contribution in [2.24, 2.45) is 0 Å². The molecule has 0 aromatic heterocycles. The molecule has 0 spiro atoms. The third-order valence-electron chi connectivity index (χ3n) is 4.39. The molecule has 0 amide bonds. The van der Waals surface area contributed by atoms with Crippen LogP contribution in [0.4, 0.5) is 5.69 Å². The lowest BCUT2D eigenvalue weighted by Gasteiger charge is -2.47. The SMILES string of the molecule is CCc1cccc(CC)c1N1CCC(O)CC1(C)C. The molecule has 0 saturated carbocycles. The van der Waals surface area contributed by atoms with E-state index in [2.05, 4.69) is 50.8 Å². The van der Waals surface area contributed by atoms with Gasteiger partial charge in [0.05, 0.1) is 6.10 Å². The summed E-state index contributed by atoms with van der Waals surface area (Å²) in [5.41, 5.74) is 4.32. The van der Waals surface area contributed by atoms with Gasteiger partial charge in [0.1, 0.15) is 0 Å². The molecule has 1 fully saturated rings. The Bertz CT molecular complexity index is 417. The highest BCUT2D eigenvalue weighted by atomic mass is 16.3. The van der Waals surface area contributed by atoms with Crippen molar-refractivity contribution in [3.63, 3.8) is 0 Å². The van der Waals surface area contributed by atoms with Gasteiger partial charge in [0.25, 0.3) is 0 Å². The molecule has 19 heavy (non-hydrogen) atoms. The van der Waals surface area contributed by atoms with Gasteiger partial charge in [-0.2, -0.15) is 0 Å². The third-order valence-corrected chi connectivity index (χ3v) is 4.39.